The highest BCUT2D eigenvalue weighted by molar-refractivity contribution is 5.29. The fourth-order valence-corrected chi connectivity index (χ4v) is 4.60. The quantitative estimate of drug-likeness (QED) is 0.752. The van der Waals surface area contributed by atoms with E-state index < -0.39 is 6.10 Å². The van der Waals surface area contributed by atoms with Gasteiger partial charge in [0.05, 0.1) is 0 Å². The molecule has 0 spiro atoms. The molecule has 1 unspecified atom stereocenters. The fraction of sp³-hybridized carbons (Fsp3) is 0.542. The molecule has 4 nitrogen and oxygen atoms in total. The molecule has 0 radical (unpaired) electrons. The summed E-state index contributed by atoms with van der Waals surface area (Å²) in [5.41, 5.74) is 4.00. The maximum absolute atomic E-state index is 10.4. The number of aromatic nitrogens is 1. The van der Waals surface area contributed by atoms with Gasteiger partial charge in [-0.25, -0.2) is 0 Å². The topological polar surface area (TPSA) is 45.6 Å². The highest BCUT2D eigenvalue weighted by Crippen LogP contribution is 2.29. The van der Waals surface area contributed by atoms with Crippen molar-refractivity contribution >= 4 is 0 Å². The second-order valence-corrected chi connectivity index (χ2v) is 8.43. The zero-order valence-electron chi connectivity index (χ0n) is 16.7. The minimum Gasteiger partial charge on any atom is -0.491 e. The number of aryl methyl sites for hydroxylation is 1. The van der Waals surface area contributed by atoms with Crippen LogP contribution in [0.2, 0.25) is 0 Å². The monoisotopic (exact) mass is 380 g/mol. The second-order valence-electron chi connectivity index (χ2n) is 8.43. The predicted molar refractivity (Wildman–Crippen MR) is 111 cm³/mol. The molecule has 28 heavy (non-hydrogen) atoms. The predicted octanol–water partition coefficient (Wildman–Crippen LogP) is 4.00. The number of rotatable bonds is 8. The summed E-state index contributed by atoms with van der Waals surface area (Å²) in [5.74, 6) is 1.78. The number of β-amino-alcohol motifs (C(OH)–C–C–N with tert-alkyl or cyclic N) is 1. The van der Waals surface area contributed by atoms with Crippen molar-refractivity contribution in [2.45, 2.75) is 57.6 Å². The molecular formula is C24H32N2O2. The van der Waals surface area contributed by atoms with Crippen LogP contribution in [0.25, 0.3) is 0 Å². The maximum atomic E-state index is 10.4. The average Bonchev–Trinajstić information content (AvgIpc) is 3.25. The summed E-state index contributed by atoms with van der Waals surface area (Å²) in [7, 11) is 0. The first-order valence-corrected chi connectivity index (χ1v) is 10.8. The molecule has 4 rings (SSSR count). The van der Waals surface area contributed by atoms with Gasteiger partial charge in [0.1, 0.15) is 18.5 Å². The van der Waals surface area contributed by atoms with Crippen molar-refractivity contribution in [1.82, 2.24) is 9.88 Å². The molecule has 1 N–H and O–H groups in total. The molecule has 1 aliphatic heterocycles. The van der Waals surface area contributed by atoms with E-state index in [0.717, 1.165) is 37.6 Å². The molecule has 1 aliphatic carbocycles. The summed E-state index contributed by atoms with van der Waals surface area (Å²) in [5, 5.41) is 10.4. The van der Waals surface area contributed by atoms with Crippen LogP contribution in [0.4, 0.5) is 0 Å². The van der Waals surface area contributed by atoms with E-state index in [1.54, 1.807) is 0 Å². The molecule has 2 aromatic rings. The third-order valence-corrected chi connectivity index (χ3v) is 6.22. The van der Waals surface area contributed by atoms with Gasteiger partial charge in [-0.15, -0.1) is 0 Å². The van der Waals surface area contributed by atoms with Crippen molar-refractivity contribution in [2.24, 2.45) is 5.92 Å². The molecular weight excluding hydrogens is 348 g/mol. The van der Waals surface area contributed by atoms with Gasteiger partial charge in [-0.3, -0.25) is 9.88 Å². The minimum absolute atomic E-state index is 0.336. The first-order valence-electron chi connectivity index (χ1n) is 10.8. The molecule has 1 atom stereocenters. The van der Waals surface area contributed by atoms with Crippen molar-refractivity contribution in [2.75, 3.05) is 19.7 Å². The van der Waals surface area contributed by atoms with Crippen LogP contribution in [0.3, 0.4) is 0 Å². The number of aliphatic hydroxyl groups is 1. The molecule has 1 aromatic heterocycles. The molecule has 1 saturated carbocycles. The second kappa shape index (κ2) is 9.53. The average molecular weight is 381 g/mol. The molecule has 2 aliphatic rings. The smallest absolute Gasteiger partial charge is 0.119 e. The largest absolute Gasteiger partial charge is 0.491 e. The van der Waals surface area contributed by atoms with Crippen molar-refractivity contribution in [3.05, 3.63) is 59.4 Å². The summed E-state index contributed by atoms with van der Waals surface area (Å²) in [6.07, 6.45) is 12.4. The van der Waals surface area contributed by atoms with E-state index in [2.05, 4.69) is 34.1 Å². The van der Waals surface area contributed by atoms with E-state index in [0.29, 0.717) is 13.2 Å². The number of aliphatic hydroxyl groups excluding tert-OH is 1. The zero-order valence-corrected chi connectivity index (χ0v) is 16.7. The Hall–Kier alpha value is -1.91. The molecule has 0 bridgehead atoms. The first-order chi connectivity index (χ1) is 13.8. The van der Waals surface area contributed by atoms with Crippen LogP contribution in [0.1, 0.15) is 48.8 Å². The Morgan fingerprint density at radius 2 is 2.07 bits per heavy atom. The lowest BCUT2D eigenvalue weighted by Gasteiger charge is -2.30. The van der Waals surface area contributed by atoms with Gasteiger partial charge >= 0.3 is 0 Å². The number of hydrogen-bond acceptors (Lipinski definition) is 4. The summed E-state index contributed by atoms with van der Waals surface area (Å²) in [4.78, 5) is 6.51. The SMILES string of the molecule is OC(COc1cccc(CCC2CCCC2)c1)CN1CCc2ccncc2C1. The summed E-state index contributed by atoms with van der Waals surface area (Å²) >= 11 is 0. The first kappa shape index (κ1) is 19.4. The van der Waals surface area contributed by atoms with E-state index in [1.807, 2.05) is 18.5 Å². The summed E-state index contributed by atoms with van der Waals surface area (Å²) in [6, 6.07) is 10.5. The number of pyridine rings is 1. The Morgan fingerprint density at radius 3 is 2.96 bits per heavy atom. The molecule has 4 heteroatoms. The fourth-order valence-electron chi connectivity index (χ4n) is 4.60. The van der Waals surface area contributed by atoms with Gasteiger partial charge in [-0.05, 0) is 60.1 Å². The van der Waals surface area contributed by atoms with E-state index in [1.165, 1.54) is 48.8 Å². The van der Waals surface area contributed by atoms with Gasteiger partial charge in [-0.1, -0.05) is 37.8 Å². The third-order valence-electron chi connectivity index (χ3n) is 6.22. The maximum Gasteiger partial charge on any atom is 0.119 e. The van der Waals surface area contributed by atoms with Crippen LogP contribution in [0.5, 0.6) is 5.75 Å². The molecule has 1 aromatic carbocycles. The van der Waals surface area contributed by atoms with Crippen LogP contribution in [0.15, 0.2) is 42.7 Å². The Morgan fingerprint density at radius 1 is 1.18 bits per heavy atom. The van der Waals surface area contributed by atoms with Gasteiger partial charge in [0.15, 0.2) is 0 Å². The number of benzene rings is 1. The van der Waals surface area contributed by atoms with Crippen LogP contribution >= 0.6 is 0 Å². The van der Waals surface area contributed by atoms with Crippen LogP contribution < -0.4 is 4.74 Å². The van der Waals surface area contributed by atoms with Gasteiger partial charge in [0, 0.05) is 32.0 Å². The number of fused-ring (bicyclic) bond motifs is 1. The van der Waals surface area contributed by atoms with Crippen molar-refractivity contribution in [1.29, 1.82) is 0 Å². The summed E-state index contributed by atoms with van der Waals surface area (Å²) in [6.45, 7) is 2.81. The highest BCUT2D eigenvalue weighted by Gasteiger charge is 2.19. The lowest BCUT2D eigenvalue weighted by atomic mass is 9.98. The number of hydrogen-bond donors (Lipinski definition) is 1. The van der Waals surface area contributed by atoms with Crippen molar-refractivity contribution in [3.8, 4) is 5.75 Å². The van der Waals surface area contributed by atoms with Crippen molar-refractivity contribution in [3.63, 3.8) is 0 Å². The summed E-state index contributed by atoms with van der Waals surface area (Å²) < 4.78 is 5.90. The van der Waals surface area contributed by atoms with E-state index in [4.69, 9.17) is 4.74 Å². The molecule has 1 fully saturated rings. The van der Waals surface area contributed by atoms with Gasteiger partial charge in [-0.2, -0.15) is 0 Å². The lowest BCUT2D eigenvalue weighted by Crippen LogP contribution is -2.38. The Balaban J connectivity index is 1.22. The Bertz CT molecular complexity index is 758. The lowest BCUT2D eigenvalue weighted by molar-refractivity contribution is 0.0637. The van der Waals surface area contributed by atoms with Gasteiger partial charge in [0.25, 0.3) is 0 Å². The van der Waals surface area contributed by atoms with E-state index in [9.17, 15) is 5.11 Å². The van der Waals surface area contributed by atoms with E-state index >= 15 is 0 Å². The van der Waals surface area contributed by atoms with E-state index in [-0.39, 0.29) is 0 Å². The Labute approximate surface area is 168 Å². The normalized spacial score (nSPS) is 18.8. The van der Waals surface area contributed by atoms with Crippen LogP contribution in [-0.4, -0.2) is 40.8 Å². The molecule has 2 heterocycles. The van der Waals surface area contributed by atoms with Crippen molar-refractivity contribution < 1.29 is 9.84 Å². The number of ether oxygens (including phenoxy) is 1. The Kier molecular flexibility index (Phi) is 6.61. The highest BCUT2D eigenvalue weighted by atomic mass is 16.5. The third kappa shape index (κ3) is 5.33. The van der Waals surface area contributed by atoms with Gasteiger partial charge < -0.3 is 9.84 Å². The zero-order chi connectivity index (χ0) is 19.2. The van der Waals surface area contributed by atoms with Crippen LogP contribution in [-0.2, 0) is 19.4 Å². The number of nitrogens with zero attached hydrogens (tertiary/aromatic N) is 2. The molecule has 0 saturated heterocycles. The van der Waals surface area contributed by atoms with Crippen LogP contribution in [0, 0.1) is 5.92 Å². The minimum atomic E-state index is -0.486. The van der Waals surface area contributed by atoms with Gasteiger partial charge in [0.2, 0.25) is 0 Å². The molecule has 0 amide bonds. The standard InChI is InChI=1S/C24H32N2O2/c27-23(17-26-13-11-21-10-12-25-15-22(21)16-26)18-28-24-7-3-6-20(14-24)9-8-19-4-1-2-5-19/h3,6-7,10,12,14-15,19,23,27H,1-2,4-5,8-9,11,13,16-18H2. The molecule has 150 valence electrons.